The number of halogens is 3. The quantitative estimate of drug-likeness (QED) is 0.608. The number of amides is 1. The molecule has 128 valence electrons. The van der Waals surface area contributed by atoms with Gasteiger partial charge in [-0.05, 0) is 30.7 Å². The van der Waals surface area contributed by atoms with Crippen molar-refractivity contribution in [3.05, 3.63) is 69.1 Å². The second-order valence-corrected chi connectivity index (χ2v) is 6.90. The van der Waals surface area contributed by atoms with Crippen molar-refractivity contribution in [1.29, 1.82) is 0 Å². The van der Waals surface area contributed by atoms with E-state index in [-0.39, 0.29) is 4.88 Å². The second kappa shape index (κ2) is 7.29. The molecule has 25 heavy (non-hydrogen) atoms. The highest BCUT2D eigenvalue weighted by atomic mass is 35.5. The molecule has 1 amide bonds. The molecule has 0 atom stereocenters. The van der Waals surface area contributed by atoms with Crippen molar-refractivity contribution in [2.75, 3.05) is 5.32 Å². The van der Waals surface area contributed by atoms with E-state index in [4.69, 9.17) is 11.6 Å². The van der Waals surface area contributed by atoms with Gasteiger partial charge in [0.25, 0.3) is 12.3 Å². The van der Waals surface area contributed by atoms with Gasteiger partial charge in [0.05, 0.1) is 5.01 Å². The highest BCUT2D eigenvalue weighted by molar-refractivity contribution is 7.13. The molecule has 0 bridgehead atoms. The van der Waals surface area contributed by atoms with E-state index >= 15 is 0 Å². The first-order valence-corrected chi connectivity index (χ1v) is 8.57. The Bertz CT molecular complexity index is 927. The molecule has 0 spiro atoms. The number of carbonyl (C=O) groups is 1. The molecule has 1 heterocycles. The van der Waals surface area contributed by atoms with Crippen LogP contribution < -0.4 is 5.32 Å². The van der Waals surface area contributed by atoms with Crippen LogP contribution in [-0.4, -0.2) is 10.9 Å². The van der Waals surface area contributed by atoms with Gasteiger partial charge in [0.15, 0.2) is 0 Å². The average Bonchev–Trinajstić information content (AvgIpc) is 2.98. The lowest BCUT2D eigenvalue weighted by Gasteiger charge is -2.11. The molecular formula is C18H13ClF2N2OS. The van der Waals surface area contributed by atoms with E-state index < -0.39 is 18.0 Å². The predicted octanol–water partition coefficient (Wildman–Crippen LogP) is 5.96. The van der Waals surface area contributed by atoms with Gasteiger partial charge in [0.1, 0.15) is 10.6 Å². The number of thiazole rings is 1. The predicted molar refractivity (Wildman–Crippen MR) is 96.6 cm³/mol. The molecular weight excluding hydrogens is 366 g/mol. The summed E-state index contributed by atoms with van der Waals surface area (Å²) in [6.45, 7) is 1.59. The summed E-state index contributed by atoms with van der Waals surface area (Å²) in [4.78, 5) is 16.2. The summed E-state index contributed by atoms with van der Waals surface area (Å²) in [6, 6.07) is 14.3. The zero-order valence-electron chi connectivity index (χ0n) is 13.1. The van der Waals surface area contributed by atoms with Gasteiger partial charge >= 0.3 is 0 Å². The van der Waals surface area contributed by atoms with Crippen molar-refractivity contribution in [3.63, 3.8) is 0 Å². The third kappa shape index (κ3) is 3.86. The van der Waals surface area contributed by atoms with Crippen LogP contribution in [0.2, 0.25) is 5.02 Å². The minimum atomic E-state index is -2.80. The number of carbonyl (C=O) groups excluding carboxylic acids is 1. The fourth-order valence-electron chi connectivity index (χ4n) is 2.43. The summed E-state index contributed by atoms with van der Waals surface area (Å²) in [5.41, 5.74) is 1.59. The molecule has 0 radical (unpaired) electrons. The number of hydrogen-bond acceptors (Lipinski definition) is 3. The number of para-hydroxylation sites is 1. The summed E-state index contributed by atoms with van der Waals surface area (Å²) in [6.07, 6.45) is -2.80. The molecule has 3 rings (SSSR count). The van der Waals surface area contributed by atoms with Crippen molar-refractivity contribution in [2.45, 2.75) is 13.3 Å². The third-order valence-electron chi connectivity index (χ3n) is 3.48. The van der Waals surface area contributed by atoms with Crippen molar-refractivity contribution >= 4 is 34.5 Å². The molecule has 0 unspecified atom stereocenters. The average molecular weight is 379 g/mol. The van der Waals surface area contributed by atoms with Crippen LogP contribution >= 0.6 is 22.9 Å². The number of aromatic nitrogens is 1. The van der Waals surface area contributed by atoms with Crippen LogP contribution in [-0.2, 0) is 0 Å². The van der Waals surface area contributed by atoms with Gasteiger partial charge in [-0.15, -0.1) is 11.3 Å². The maximum absolute atomic E-state index is 13.1. The molecule has 0 fully saturated rings. The summed E-state index contributed by atoms with van der Waals surface area (Å²) in [5.74, 6) is -0.602. The topological polar surface area (TPSA) is 42.0 Å². The Labute approximate surface area is 152 Å². The zero-order valence-corrected chi connectivity index (χ0v) is 14.7. The Kier molecular flexibility index (Phi) is 5.11. The first kappa shape index (κ1) is 17.5. The Morgan fingerprint density at radius 1 is 1.20 bits per heavy atom. The maximum Gasteiger partial charge on any atom is 0.282 e. The molecule has 7 heteroatoms. The maximum atomic E-state index is 13.1. The first-order chi connectivity index (χ1) is 12.0. The van der Waals surface area contributed by atoms with Crippen LogP contribution in [0.15, 0.2) is 48.5 Å². The van der Waals surface area contributed by atoms with Gasteiger partial charge < -0.3 is 5.32 Å². The molecule has 0 aliphatic rings. The molecule has 0 aliphatic heterocycles. The van der Waals surface area contributed by atoms with Crippen molar-refractivity contribution in [2.24, 2.45) is 0 Å². The molecule has 0 saturated heterocycles. The van der Waals surface area contributed by atoms with Gasteiger partial charge in [-0.2, -0.15) is 0 Å². The van der Waals surface area contributed by atoms with Gasteiger partial charge in [0, 0.05) is 16.3 Å². The van der Waals surface area contributed by atoms with Crippen LogP contribution in [0, 0.1) is 6.92 Å². The number of aryl methyl sites for hydroxylation is 1. The molecule has 3 nitrogen and oxygen atoms in total. The summed E-state index contributed by atoms with van der Waals surface area (Å²) < 4.78 is 26.2. The minimum absolute atomic E-state index is 0.0756. The lowest BCUT2D eigenvalue weighted by atomic mass is 10.0. The number of nitrogens with one attached hydrogen (secondary N) is 1. The van der Waals surface area contributed by atoms with Crippen molar-refractivity contribution in [3.8, 4) is 11.1 Å². The van der Waals surface area contributed by atoms with E-state index in [0.29, 0.717) is 15.7 Å². The third-order valence-corrected chi connectivity index (χ3v) is 4.70. The normalized spacial score (nSPS) is 10.9. The van der Waals surface area contributed by atoms with E-state index in [2.05, 4.69) is 10.3 Å². The fourth-order valence-corrected chi connectivity index (χ4v) is 3.45. The monoisotopic (exact) mass is 378 g/mol. The van der Waals surface area contributed by atoms with Crippen LogP contribution in [0.5, 0.6) is 0 Å². The van der Waals surface area contributed by atoms with E-state index in [1.807, 2.05) is 18.2 Å². The zero-order chi connectivity index (χ0) is 18.0. The van der Waals surface area contributed by atoms with E-state index in [9.17, 15) is 13.6 Å². The van der Waals surface area contributed by atoms with Crippen LogP contribution in [0.3, 0.4) is 0 Å². The number of nitrogens with zero attached hydrogens (tertiary/aromatic N) is 1. The summed E-state index contributed by atoms with van der Waals surface area (Å²) in [5, 5.41) is 3.69. The van der Waals surface area contributed by atoms with Gasteiger partial charge in [-0.25, -0.2) is 13.8 Å². The van der Waals surface area contributed by atoms with Gasteiger partial charge in [-0.1, -0.05) is 41.9 Å². The van der Waals surface area contributed by atoms with Gasteiger partial charge in [-0.3, -0.25) is 4.79 Å². The number of alkyl halides is 2. The highest BCUT2D eigenvalue weighted by Gasteiger charge is 2.24. The second-order valence-electron chi connectivity index (χ2n) is 5.26. The molecule has 0 aliphatic carbocycles. The number of hydrogen-bond donors (Lipinski definition) is 1. The fraction of sp³-hybridized carbons (Fsp3) is 0.111. The summed E-state index contributed by atoms with van der Waals surface area (Å²) >= 11 is 6.98. The van der Waals surface area contributed by atoms with E-state index in [1.165, 1.54) is 0 Å². The molecule has 0 saturated carbocycles. The number of anilines is 1. The first-order valence-electron chi connectivity index (χ1n) is 7.37. The lowest BCUT2D eigenvalue weighted by molar-refractivity contribution is 0.101. The summed E-state index contributed by atoms with van der Waals surface area (Å²) in [7, 11) is 0. The Morgan fingerprint density at radius 2 is 1.96 bits per heavy atom. The smallest absolute Gasteiger partial charge is 0.282 e. The molecule has 2 aromatic carbocycles. The standard InChI is InChI=1S/C18H13ClF2N2OS/c1-10-22-15(17(20)21)16(25-10)18(24)23-14-8-3-2-7-13(14)11-5-4-6-12(19)9-11/h2-9,17H,1H3,(H,23,24). The molecule has 1 N–H and O–H groups in total. The van der Waals surface area contributed by atoms with Crippen LogP contribution in [0.1, 0.15) is 26.8 Å². The number of rotatable bonds is 4. The highest BCUT2D eigenvalue weighted by Crippen LogP contribution is 2.32. The van der Waals surface area contributed by atoms with Crippen LogP contribution in [0.25, 0.3) is 11.1 Å². The Morgan fingerprint density at radius 3 is 2.68 bits per heavy atom. The van der Waals surface area contributed by atoms with Crippen LogP contribution in [0.4, 0.5) is 14.5 Å². The Balaban J connectivity index is 1.95. The number of benzene rings is 2. The van der Waals surface area contributed by atoms with Gasteiger partial charge in [0.2, 0.25) is 0 Å². The van der Waals surface area contributed by atoms with Crippen molar-refractivity contribution < 1.29 is 13.6 Å². The molecule has 3 aromatic rings. The lowest BCUT2D eigenvalue weighted by Crippen LogP contribution is -2.13. The van der Waals surface area contributed by atoms with E-state index in [0.717, 1.165) is 22.5 Å². The SMILES string of the molecule is Cc1nc(C(F)F)c(C(=O)Nc2ccccc2-c2cccc(Cl)c2)s1. The minimum Gasteiger partial charge on any atom is -0.321 e. The Hall–Kier alpha value is -2.31. The largest absolute Gasteiger partial charge is 0.321 e. The molecule has 1 aromatic heterocycles. The van der Waals surface area contributed by atoms with E-state index in [1.54, 1.807) is 37.3 Å². The van der Waals surface area contributed by atoms with Crippen molar-refractivity contribution in [1.82, 2.24) is 4.98 Å².